The van der Waals surface area contributed by atoms with Crippen LogP contribution in [0.3, 0.4) is 0 Å². The Labute approximate surface area is 180 Å². The van der Waals surface area contributed by atoms with Gasteiger partial charge in [0.15, 0.2) is 5.78 Å². The molecular formula is C26H26F2O3. The van der Waals surface area contributed by atoms with Gasteiger partial charge in [0.25, 0.3) is 0 Å². The number of ketones is 1. The number of ether oxygens (including phenoxy) is 1. The van der Waals surface area contributed by atoms with Gasteiger partial charge >= 0.3 is 6.61 Å². The number of phenols is 1. The summed E-state index contributed by atoms with van der Waals surface area (Å²) in [5.74, 6) is 1.90. The number of alkyl halides is 2. The van der Waals surface area contributed by atoms with Gasteiger partial charge in [0.05, 0.1) is 0 Å². The highest BCUT2D eigenvalue weighted by Crippen LogP contribution is 2.60. The number of aromatic hydroxyl groups is 1. The van der Waals surface area contributed by atoms with Crippen molar-refractivity contribution in [3.8, 4) is 11.5 Å². The van der Waals surface area contributed by atoms with Crippen LogP contribution in [0.1, 0.15) is 55.2 Å². The lowest BCUT2D eigenvalue weighted by Crippen LogP contribution is -2.42. The van der Waals surface area contributed by atoms with E-state index in [1.165, 1.54) is 23.3 Å². The van der Waals surface area contributed by atoms with Crippen molar-refractivity contribution in [2.45, 2.75) is 51.6 Å². The van der Waals surface area contributed by atoms with Crippen molar-refractivity contribution in [3.63, 3.8) is 0 Å². The summed E-state index contributed by atoms with van der Waals surface area (Å²) in [4.78, 5) is 13.4. The van der Waals surface area contributed by atoms with Gasteiger partial charge in [-0.25, -0.2) is 0 Å². The van der Waals surface area contributed by atoms with Crippen LogP contribution in [-0.4, -0.2) is 17.5 Å². The number of aryl methyl sites for hydroxylation is 1. The molecule has 0 spiro atoms. The molecule has 162 valence electrons. The molecule has 3 aliphatic carbocycles. The van der Waals surface area contributed by atoms with E-state index >= 15 is 0 Å². The standard InChI is InChI=1S/C26H26F2O3/c1-26-11-10-21-20-9-5-18(29)13-16(20)4-8-22(21)23(26)14-17(24(26)30)12-15-2-6-19(7-3-15)31-25(27)28/h2-3,5-7,9,12-13,21-23,25,29H,4,8,10-11,14H2,1H3/b17-12+/t21-,22-,23-,26+/m0/s1. The molecule has 2 saturated carbocycles. The van der Waals surface area contributed by atoms with Crippen LogP contribution in [0.5, 0.6) is 11.5 Å². The molecule has 2 aromatic rings. The third-order valence-corrected chi connectivity index (χ3v) is 7.80. The molecule has 0 radical (unpaired) electrons. The van der Waals surface area contributed by atoms with Gasteiger partial charge in [0.1, 0.15) is 11.5 Å². The molecule has 0 amide bonds. The number of carbonyl (C=O) groups is 1. The minimum atomic E-state index is -2.85. The summed E-state index contributed by atoms with van der Waals surface area (Å²) >= 11 is 0. The monoisotopic (exact) mass is 424 g/mol. The molecule has 0 unspecified atom stereocenters. The lowest BCUT2D eigenvalue weighted by molar-refractivity contribution is -0.127. The summed E-state index contributed by atoms with van der Waals surface area (Å²) in [5, 5.41) is 9.85. The molecule has 4 atom stereocenters. The average Bonchev–Trinajstić information content (AvgIpc) is 2.99. The Bertz CT molecular complexity index is 1040. The van der Waals surface area contributed by atoms with Gasteiger partial charge in [-0.05, 0) is 102 Å². The fourth-order valence-corrected chi connectivity index (χ4v) is 6.31. The first-order valence-electron chi connectivity index (χ1n) is 11.0. The summed E-state index contributed by atoms with van der Waals surface area (Å²) in [6, 6.07) is 12.2. The van der Waals surface area contributed by atoms with Crippen LogP contribution >= 0.6 is 0 Å². The van der Waals surface area contributed by atoms with E-state index in [0.717, 1.165) is 43.2 Å². The third-order valence-electron chi connectivity index (χ3n) is 7.80. The molecule has 0 aromatic heterocycles. The van der Waals surface area contributed by atoms with Crippen molar-refractivity contribution in [2.75, 3.05) is 0 Å². The SMILES string of the molecule is C[C@@]12CC[C@H]3c4ccc(O)cc4CC[C@@H]3[C@@H]1C/C(=C\c1ccc(OC(F)F)cc1)C2=O. The number of fused-ring (bicyclic) bond motifs is 5. The van der Waals surface area contributed by atoms with Gasteiger partial charge < -0.3 is 9.84 Å². The molecule has 0 saturated heterocycles. The quantitative estimate of drug-likeness (QED) is 0.605. The van der Waals surface area contributed by atoms with Crippen LogP contribution < -0.4 is 4.74 Å². The van der Waals surface area contributed by atoms with Gasteiger partial charge in [-0.3, -0.25) is 4.79 Å². The van der Waals surface area contributed by atoms with Gasteiger partial charge in [-0.1, -0.05) is 25.1 Å². The molecule has 3 aliphatic rings. The Morgan fingerprint density at radius 1 is 1.16 bits per heavy atom. The van der Waals surface area contributed by atoms with Gasteiger partial charge in [0, 0.05) is 5.41 Å². The highest BCUT2D eigenvalue weighted by Gasteiger charge is 2.56. The number of allylic oxidation sites excluding steroid dienone is 1. The van der Waals surface area contributed by atoms with E-state index in [4.69, 9.17) is 0 Å². The van der Waals surface area contributed by atoms with Crippen LogP contribution in [-0.2, 0) is 11.2 Å². The molecule has 0 bridgehead atoms. The van der Waals surface area contributed by atoms with E-state index in [0.29, 0.717) is 23.5 Å². The van der Waals surface area contributed by atoms with Crippen LogP contribution in [0.15, 0.2) is 48.0 Å². The van der Waals surface area contributed by atoms with Crippen LogP contribution in [0.25, 0.3) is 6.08 Å². The average molecular weight is 424 g/mol. The zero-order chi connectivity index (χ0) is 21.8. The second-order valence-electron chi connectivity index (χ2n) is 9.41. The second kappa shape index (κ2) is 7.47. The van der Waals surface area contributed by atoms with Crippen molar-refractivity contribution in [3.05, 3.63) is 64.7 Å². The Kier molecular flexibility index (Phi) is 4.87. The number of phenolic OH excluding ortho intramolecular Hbond substituents is 1. The molecule has 0 heterocycles. The molecule has 2 fully saturated rings. The van der Waals surface area contributed by atoms with Crippen LogP contribution in [0, 0.1) is 17.3 Å². The maximum absolute atomic E-state index is 13.4. The summed E-state index contributed by atoms with van der Waals surface area (Å²) in [6.07, 6.45) is 6.53. The molecule has 0 aliphatic heterocycles. The van der Waals surface area contributed by atoms with Crippen molar-refractivity contribution in [1.29, 1.82) is 0 Å². The van der Waals surface area contributed by atoms with Gasteiger partial charge in [0.2, 0.25) is 0 Å². The largest absolute Gasteiger partial charge is 0.508 e. The van der Waals surface area contributed by atoms with E-state index < -0.39 is 6.61 Å². The fraction of sp³-hybridized carbons (Fsp3) is 0.423. The molecular weight excluding hydrogens is 398 g/mol. The highest BCUT2D eigenvalue weighted by molar-refractivity contribution is 6.06. The number of Topliss-reactive ketones (excluding diaryl/α,β-unsaturated/α-hetero) is 1. The van der Waals surface area contributed by atoms with Crippen molar-refractivity contribution < 1.29 is 23.4 Å². The second-order valence-corrected chi connectivity index (χ2v) is 9.41. The van der Waals surface area contributed by atoms with E-state index in [-0.39, 0.29) is 16.9 Å². The van der Waals surface area contributed by atoms with Gasteiger partial charge in [-0.15, -0.1) is 0 Å². The van der Waals surface area contributed by atoms with Crippen molar-refractivity contribution >= 4 is 11.9 Å². The number of halogens is 2. The number of rotatable bonds is 3. The van der Waals surface area contributed by atoms with Crippen LogP contribution in [0.2, 0.25) is 0 Å². The summed E-state index contributed by atoms with van der Waals surface area (Å²) in [7, 11) is 0. The zero-order valence-corrected chi connectivity index (χ0v) is 17.5. The lowest BCUT2D eigenvalue weighted by Gasteiger charge is -2.48. The smallest absolute Gasteiger partial charge is 0.387 e. The van der Waals surface area contributed by atoms with Crippen molar-refractivity contribution in [1.82, 2.24) is 0 Å². The number of hydrogen-bond donors (Lipinski definition) is 1. The van der Waals surface area contributed by atoms with Gasteiger partial charge in [-0.2, -0.15) is 8.78 Å². The predicted octanol–water partition coefficient (Wildman–Crippen LogP) is 6.11. The number of benzene rings is 2. The summed E-state index contributed by atoms with van der Waals surface area (Å²) < 4.78 is 29.2. The van der Waals surface area contributed by atoms with E-state index in [2.05, 4.69) is 17.7 Å². The van der Waals surface area contributed by atoms with E-state index in [1.54, 1.807) is 18.2 Å². The Hall–Kier alpha value is -2.69. The lowest BCUT2D eigenvalue weighted by atomic mass is 9.55. The first kappa shape index (κ1) is 20.2. The first-order valence-corrected chi connectivity index (χ1v) is 11.0. The molecule has 2 aromatic carbocycles. The zero-order valence-electron chi connectivity index (χ0n) is 17.5. The Morgan fingerprint density at radius 3 is 2.68 bits per heavy atom. The fourth-order valence-electron chi connectivity index (χ4n) is 6.31. The predicted molar refractivity (Wildman–Crippen MR) is 114 cm³/mol. The Morgan fingerprint density at radius 2 is 1.94 bits per heavy atom. The normalized spacial score (nSPS) is 30.8. The van der Waals surface area contributed by atoms with Crippen LogP contribution in [0.4, 0.5) is 8.78 Å². The van der Waals surface area contributed by atoms with E-state index in [9.17, 15) is 18.7 Å². The highest BCUT2D eigenvalue weighted by atomic mass is 19.3. The molecule has 3 nitrogen and oxygen atoms in total. The minimum absolute atomic E-state index is 0.116. The Balaban J connectivity index is 1.41. The maximum atomic E-state index is 13.4. The maximum Gasteiger partial charge on any atom is 0.387 e. The molecule has 31 heavy (non-hydrogen) atoms. The third kappa shape index (κ3) is 3.44. The molecule has 1 N–H and O–H groups in total. The topological polar surface area (TPSA) is 46.5 Å². The van der Waals surface area contributed by atoms with E-state index in [1.807, 2.05) is 12.1 Å². The number of carbonyl (C=O) groups excluding carboxylic acids is 1. The number of hydrogen-bond acceptors (Lipinski definition) is 3. The molecule has 5 rings (SSSR count). The first-order chi connectivity index (χ1) is 14.8. The minimum Gasteiger partial charge on any atom is -0.508 e. The molecule has 5 heteroatoms. The summed E-state index contributed by atoms with van der Waals surface area (Å²) in [5.41, 5.74) is 3.92. The summed E-state index contributed by atoms with van der Waals surface area (Å²) in [6.45, 7) is -0.718. The van der Waals surface area contributed by atoms with Crippen molar-refractivity contribution in [2.24, 2.45) is 17.3 Å².